The molecule has 112 valence electrons. The molecule has 0 saturated carbocycles. The third kappa shape index (κ3) is 4.57. The van der Waals surface area contributed by atoms with Crippen molar-refractivity contribution < 1.29 is 4.74 Å². The van der Waals surface area contributed by atoms with Crippen molar-refractivity contribution in [3.63, 3.8) is 0 Å². The average Bonchev–Trinajstić information content (AvgIpc) is 2.48. The van der Waals surface area contributed by atoms with Crippen molar-refractivity contribution in [2.45, 2.75) is 46.7 Å². The first kappa shape index (κ1) is 15.5. The SMILES string of the molecule is CCc1cccc(Oc2ncc(CNC(C)C)cc2C)c1. The van der Waals surface area contributed by atoms with Gasteiger partial charge in [0.15, 0.2) is 0 Å². The summed E-state index contributed by atoms with van der Waals surface area (Å²) >= 11 is 0. The standard InChI is InChI=1S/C18H24N2O/c1-5-15-7-6-8-17(10-15)21-18-14(4)9-16(12-20-18)11-19-13(2)3/h6-10,12-13,19H,5,11H2,1-4H3. The number of aryl methyl sites for hydroxylation is 2. The van der Waals surface area contributed by atoms with E-state index in [0.717, 1.165) is 24.3 Å². The van der Waals surface area contributed by atoms with Gasteiger partial charge in [-0.3, -0.25) is 0 Å². The van der Waals surface area contributed by atoms with E-state index in [1.165, 1.54) is 11.1 Å². The average molecular weight is 284 g/mol. The molecule has 21 heavy (non-hydrogen) atoms. The van der Waals surface area contributed by atoms with Crippen molar-refractivity contribution in [2.24, 2.45) is 0 Å². The van der Waals surface area contributed by atoms with Crippen LogP contribution in [-0.2, 0) is 13.0 Å². The summed E-state index contributed by atoms with van der Waals surface area (Å²) in [4.78, 5) is 4.44. The van der Waals surface area contributed by atoms with Gasteiger partial charge in [-0.05, 0) is 42.7 Å². The van der Waals surface area contributed by atoms with Crippen LogP contribution < -0.4 is 10.1 Å². The lowest BCUT2D eigenvalue weighted by atomic mass is 10.1. The van der Waals surface area contributed by atoms with Gasteiger partial charge in [-0.2, -0.15) is 0 Å². The second-order valence-corrected chi connectivity index (χ2v) is 5.60. The summed E-state index contributed by atoms with van der Waals surface area (Å²) in [6, 6.07) is 10.8. The number of nitrogens with zero attached hydrogens (tertiary/aromatic N) is 1. The van der Waals surface area contributed by atoms with E-state index in [-0.39, 0.29) is 0 Å². The van der Waals surface area contributed by atoms with Gasteiger partial charge < -0.3 is 10.1 Å². The second kappa shape index (κ2) is 7.23. The summed E-state index contributed by atoms with van der Waals surface area (Å²) in [7, 11) is 0. The van der Waals surface area contributed by atoms with Crippen LogP contribution in [0.3, 0.4) is 0 Å². The predicted octanol–water partition coefficient (Wildman–Crippen LogP) is 4.24. The van der Waals surface area contributed by atoms with Gasteiger partial charge in [0, 0.05) is 24.3 Å². The van der Waals surface area contributed by atoms with Crippen molar-refractivity contribution in [2.75, 3.05) is 0 Å². The molecule has 0 atom stereocenters. The zero-order valence-corrected chi connectivity index (χ0v) is 13.3. The molecule has 1 heterocycles. The fourth-order valence-corrected chi connectivity index (χ4v) is 2.09. The van der Waals surface area contributed by atoms with Gasteiger partial charge in [-0.1, -0.05) is 32.9 Å². The van der Waals surface area contributed by atoms with E-state index in [4.69, 9.17) is 4.74 Å². The van der Waals surface area contributed by atoms with E-state index in [2.05, 4.69) is 49.3 Å². The van der Waals surface area contributed by atoms with E-state index in [9.17, 15) is 0 Å². The van der Waals surface area contributed by atoms with Crippen LogP contribution in [0.1, 0.15) is 37.5 Å². The molecule has 0 spiro atoms. The van der Waals surface area contributed by atoms with Crippen LogP contribution in [0.5, 0.6) is 11.6 Å². The molecule has 0 bridgehead atoms. The Hall–Kier alpha value is -1.87. The van der Waals surface area contributed by atoms with E-state index in [0.29, 0.717) is 11.9 Å². The van der Waals surface area contributed by atoms with Crippen LogP contribution in [0, 0.1) is 6.92 Å². The van der Waals surface area contributed by atoms with Crippen LogP contribution in [0.2, 0.25) is 0 Å². The zero-order valence-electron chi connectivity index (χ0n) is 13.3. The third-order valence-electron chi connectivity index (χ3n) is 3.32. The molecule has 0 unspecified atom stereocenters. The molecule has 1 aromatic carbocycles. The van der Waals surface area contributed by atoms with Crippen LogP contribution in [0.25, 0.3) is 0 Å². The Bertz CT molecular complexity index is 594. The summed E-state index contributed by atoms with van der Waals surface area (Å²) in [5, 5.41) is 3.39. The minimum Gasteiger partial charge on any atom is -0.439 e. The number of benzene rings is 1. The number of ether oxygens (including phenoxy) is 1. The molecule has 0 radical (unpaired) electrons. The summed E-state index contributed by atoms with van der Waals surface area (Å²) in [6.45, 7) is 9.28. The highest BCUT2D eigenvalue weighted by Gasteiger charge is 2.05. The highest BCUT2D eigenvalue weighted by atomic mass is 16.5. The van der Waals surface area contributed by atoms with E-state index in [1.54, 1.807) is 0 Å². The molecule has 2 rings (SSSR count). The highest BCUT2D eigenvalue weighted by Crippen LogP contribution is 2.24. The molecule has 3 nitrogen and oxygen atoms in total. The quantitative estimate of drug-likeness (QED) is 0.861. The number of hydrogen-bond donors (Lipinski definition) is 1. The Morgan fingerprint density at radius 2 is 2.00 bits per heavy atom. The zero-order chi connectivity index (χ0) is 15.2. The second-order valence-electron chi connectivity index (χ2n) is 5.60. The minimum absolute atomic E-state index is 0.470. The van der Waals surface area contributed by atoms with Gasteiger partial charge in [0.05, 0.1) is 0 Å². The summed E-state index contributed by atoms with van der Waals surface area (Å²) < 4.78 is 5.90. The largest absolute Gasteiger partial charge is 0.439 e. The van der Waals surface area contributed by atoms with E-state index in [1.807, 2.05) is 25.3 Å². The van der Waals surface area contributed by atoms with Gasteiger partial charge in [0.25, 0.3) is 0 Å². The fourth-order valence-electron chi connectivity index (χ4n) is 2.09. The van der Waals surface area contributed by atoms with E-state index >= 15 is 0 Å². The number of rotatable bonds is 6. The number of nitrogens with one attached hydrogen (secondary N) is 1. The molecule has 2 aromatic rings. The smallest absolute Gasteiger partial charge is 0.222 e. The monoisotopic (exact) mass is 284 g/mol. The number of aromatic nitrogens is 1. The first-order valence-corrected chi connectivity index (χ1v) is 7.54. The van der Waals surface area contributed by atoms with Crippen molar-refractivity contribution in [3.05, 3.63) is 53.2 Å². The Balaban J connectivity index is 2.09. The predicted molar refractivity (Wildman–Crippen MR) is 86.8 cm³/mol. The van der Waals surface area contributed by atoms with Gasteiger partial charge in [-0.25, -0.2) is 4.98 Å². The maximum Gasteiger partial charge on any atom is 0.222 e. The van der Waals surface area contributed by atoms with Gasteiger partial charge in [-0.15, -0.1) is 0 Å². The van der Waals surface area contributed by atoms with Crippen molar-refractivity contribution in [1.29, 1.82) is 0 Å². The Labute approximate surface area is 127 Å². The molecular formula is C18H24N2O. The van der Waals surface area contributed by atoms with Gasteiger partial charge >= 0.3 is 0 Å². The summed E-state index contributed by atoms with van der Waals surface area (Å²) in [6.07, 6.45) is 2.88. The lowest BCUT2D eigenvalue weighted by molar-refractivity contribution is 0.457. The molecule has 0 fully saturated rings. The van der Waals surface area contributed by atoms with E-state index < -0.39 is 0 Å². The lowest BCUT2D eigenvalue weighted by Crippen LogP contribution is -2.21. The van der Waals surface area contributed by atoms with Crippen molar-refractivity contribution in [1.82, 2.24) is 10.3 Å². The van der Waals surface area contributed by atoms with Gasteiger partial charge in [0.1, 0.15) is 5.75 Å². The van der Waals surface area contributed by atoms with Crippen molar-refractivity contribution in [3.8, 4) is 11.6 Å². The maximum absolute atomic E-state index is 5.90. The Kier molecular flexibility index (Phi) is 5.34. The molecule has 0 aliphatic heterocycles. The molecule has 0 saturated heterocycles. The first-order chi connectivity index (χ1) is 10.1. The first-order valence-electron chi connectivity index (χ1n) is 7.54. The molecule has 0 amide bonds. The van der Waals surface area contributed by atoms with Crippen LogP contribution >= 0.6 is 0 Å². The summed E-state index contributed by atoms with van der Waals surface area (Å²) in [5.74, 6) is 1.52. The molecule has 1 N–H and O–H groups in total. The molecule has 1 aromatic heterocycles. The Morgan fingerprint density at radius 1 is 1.19 bits per heavy atom. The number of pyridine rings is 1. The molecule has 0 aliphatic carbocycles. The summed E-state index contributed by atoms with van der Waals surface area (Å²) in [5.41, 5.74) is 3.50. The van der Waals surface area contributed by atoms with Gasteiger partial charge in [0.2, 0.25) is 5.88 Å². The topological polar surface area (TPSA) is 34.1 Å². The number of hydrogen-bond acceptors (Lipinski definition) is 3. The Morgan fingerprint density at radius 3 is 2.67 bits per heavy atom. The molecular weight excluding hydrogens is 260 g/mol. The van der Waals surface area contributed by atoms with Crippen LogP contribution in [-0.4, -0.2) is 11.0 Å². The normalized spacial score (nSPS) is 10.9. The molecule has 3 heteroatoms. The van der Waals surface area contributed by atoms with Crippen molar-refractivity contribution >= 4 is 0 Å². The van der Waals surface area contributed by atoms with Crippen LogP contribution in [0.4, 0.5) is 0 Å². The minimum atomic E-state index is 0.470. The maximum atomic E-state index is 5.90. The fraction of sp³-hybridized carbons (Fsp3) is 0.389. The third-order valence-corrected chi connectivity index (χ3v) is 3.32. The molecule has 0 aliphatic rings. The lowest BCUT2D eigenvalue weighted by Gasteiger charge is -2.11. The van der Waals surface area contributed by atoms with Crippen LogP contribution in [0.15, 0.2) is 36.5 Å². The highest BCUT2D eigenvalue weighted by molar-refractivity contribution is 5.35.